The number of thiophene rings is 1. The Labute approximate surface area is 160 Å². The number of hydrogen-bond acceptors (Lipinski definition) is 4. The van der Waals surface area contributed by atoms with Gasteiger partial charge in [0.05, 0.1) is 3.79 Å². The number of amides is 1. The zero-order chi connectivity index (χ0) is 16.2. The first kappa shape index (κ1) is 19.2. The number of ether oxygens (including phenoxy) is 1. The van der Waals surface area contributed by atoms with Gasteiger partial charge < -0.3 is 15.0 Å². The van der Waals surface area contributed by atoms with Gasteiger partial charge in [-0.3, -0.25) is 4.79 Å². The number of nitrogens with zero attached hydrogens (tertiary/aromatic N) is 1. The molecule has 1 aliphatic rings. The molecule has 7 heteroatoms. The number of aryl methyl sites for hydroxylation is 1. The Hall–Kier alpha value is -1.08. The molecule has 1 aromatic heterocycles. The Morgan fingerprint density at radius 1 is 1.33 bits per heavy atom. The van der Waals surface area contributed by atoms with E-state index in [0.717, 1.165) is 46.8 Å². The van der Waals surface area contributed by atoms with Crippen LogP contribution in [0, 0.1) is 6.92 Å². The van der Waals surface area contributed by atoms with Crippen molar-refractivity contribution in [2.45, 2.75) is 13.5 Å². The minimum absolute atomic E-state index is 0. The molecule has 1 N–H and O–H groups in total. The molecular weight excluding hydrogens is 412 g/mol. The number of nitrogens with one attached hydrogen (secondary N) is 1. The molecule has 0 saturated carbocycles. The molecular formula is C17H20BrClN2O2S. The van der Waals surface area contributed by atoms with Gasteiger partial charge in [-0.1, -0.05) is 6.07 Å². The first-order valence-electron chi connectivity index (χ1n) is 7.60. The van der Waals surface area contributed by atoms with Crippen molar-refractivity contribution in [1.82, 2.24) is 10.2 Å². The van der Waals surface area contributed by atoms with Crippen LogP contribution in [0.15, 0.2) is 33.4 Å². The highest BCUT2D eigenvalue weighted by atomic mass is 79.9. The molecule has 1 saturated heterocycles. The van der Waals surface area contributed by atoms with Gasteiger partial charge in [-0.15, -0.1) is 23.7 Å². The Morgan fingerprint density at radius 2 is 2.08 bits per heavy atom. The van der Waals surface area contributed by atoms with Gasteiger partial charge in [0.15, 0.2) is 0 Å². The third-order valence-electron chi connectivity index (χ3n) is 3.86. The zero-order valence-corrected chi connectivity index (χ0v) is 16.6. The van der Waals surface area contributed by atoms with Crippen LogP contribution >= 0.6 is 39.7 Å². The second-order valence-corrected chi connectivity index (χ2v) is 7.86. The average Bonchev–Trinajstić information content (AvgIpc) is 3.00. The van der Waals surface area contributed by atoms with Crippen molar-refractivity contribution in [2.75, 3.05) is 26.2 Å². The second-order valence-electron chi connectivity index (χ2n) is 5.57. The van der Waals surface area contributed by atoms with E-state index in [0.29, 0.717) is 12.2 Å². The van der Waals surface area contributed by atoms with Crippen molar-refractivity contribution in [3.63, 3.8) is 0 Å². The normalized spacial score (nSPS) is 14.2. The van der Waals surface area contributed by atoms with Crippen LogP contribution in [0.3, 0.4) is 0 Å². The summed E-state index contributed by atoms with van der Waals surface area (Å²) >= 11 is 5.10. The quantitative estimate of drug-likeness (QED) is 0.799. The fourth-order valence-electron chi connectivity index (χ4n) is 2.52. The Bertz CT molecular complexity index is 702. The third kappa shape index (κ3) is 4.72. The van der Waals surface area contributed by atoms with Crippen LogP contribution in [0.5, 0.6) is 5.75 Å². The fourth-order valence-corrected chi connectivity index (χ4v) is 3.72. The van der Waals surface area contributed by atoms with Gasteiger partial charge in [-0.25, -0.2) is 0 Å². The third-order valence-corrected chi connectivity index (χ3v) is 5.41. The summed E-state index contributed by atoms with van der Waals surface area (Å²) in [5.41, 5.74) is 2.86. The summed E-state index contributed by atoms with van der Waals surface area (Å²) in [6.07, 6.45) is 0. The lowest BCUT2D eigenvalue weighted by Gasteiger charge is -2.27. The van der Waals surface area contributed by atoms with E-state index in [4.69, 9.17) is 4.74 Å². The Morgan fingerprint density at radius 3 is 2.75 bits per heavy atom. The van der Waals surface area contributed by atoms with Crippen LogP contribution < -0.4 is 10.1 Å². The predicted octanol–water partition coefficient (Wildman–Crippen LogP) is 3.87. The number of halogens is 2. The minimum atomic E-state index is 0. The molecule has 1 aliphatic heterocycles. The molecule has 3 rings (SSSR count). The van der Waals surface area contributed by atoms with Gasteiger partial charge in [0, 0.05) is 37.3 Å². The SMILES string of the molecule is Cc1ccc(C(=O)N2CCNCC2)cc1OCc1csc(Br)c1.Cl. The first-order chi connectivity index (χ1) is 11.1. The monoisotopic (exact) mass is 430 g/mol. The van der Waals surface area contributed by atoms with Crippen molar-refractivity contribution < 1.29 is 9.53 Å². The number of hydrogen-bond donors (Lipinski definition) is 1. The molecule has 0 aliphatic carbocycles. The van der Waals surface area contributed by atoms with Crippen LogP contribution in [0.25, 0.3) is 0 Å². The molecule has 2 aromatic rings. The summed E-state index contributed by atoms with van der Waals surface area (Å²) in [5.74, 6) is 0.850. The van der Waals surface area contributed by atoms with Crippen LogP contribution in [-0.2, 0) is 6.61 Å². The van der Waals surface area contributed by atoms with Gasteiger partial charge in [0.1, 0.15) is 12.4 Å². The molecule has 24 heavy (non-hydrogen) atoms. The summed E-state index contributed by atoms with van der Waals surface area (Å²) in [6, 6.07) is 7.75. The van der Waals surface area contributed by atoms with E-state index in [9.17, 15) is 4.79 Å². The summed E-state index contributed by atoms with van der Waals surface area (Å²) < 4.78 is 7.01. The largest absolute Gasteiger partial charge is 0.489 e. The second kappa shape index (κ2) is 8.85. The van der Waals surface area contributed by atoms with Crippen molar-refractivity contribution >= 4 is 45.6 Å². The number of rotatable bonds is 4. The van der Waals surface area contributed by atoms with Crippen LogP contribution in [0.4, 0.5) is 0 Å². The van der Waals surface area contributed by atoms with Crippen LogP contribution in [0.1, 0.15) is 21.5 Å². The van der Waals surface area contributed by atoms with Gasteiger partial charge in [-0.05, 0) is 52.0 Å². The molecule has 2 heterocycles. The molecule has 1 aromatic carbocycles. The average molecular weight is 432 g/mol. The van der Waals surface area contributed by atoms with E-state index in [-0.39, 0.29) is 18.3 Å². The molecule has 0 spiro atoms. The minimum Gasteiger partial charge on any atom is -0.489 e. The predicted molar refractivity (Wildman–Crippen MR) is 104 cm³/mol. The van der Waals surface area contributed by atoms with Gasteiger partial charge in [-0.2, -0.15) is 0 Å². The summed E-state index contributed by atoms with van der Waals surface area (Å²) in [7, 11) is 0. The van der Waals surface area contributed by atoms with E-state index in [1.54, 1.807) is 11.3 Å². The van der Waals surface area contributed by atoms with Gasteiger partial charge in [0.25, 0.3) is 5.91 Å². The smallest absolute Gasteiger partial charge is 0.254 e. The molecule has 0 bridgehead atoms. The van der Waals surface area contributed by atoms with E-state index in [2.05, 4.69) is 32.7 Å². The molecule has 0 radical (unpaired) electrons. The van der Waals surface area contributed by atoms with E-state index >= 15 is 0 Å². The Balaban J connectivity index is 0.00000208. The van der Waals surface area contributed by atoms with Crippen LogP contribution in [0.2, 0.25) is 0 Å². The molecule has 0 unspecified atom stereocenters. The molecule has 130 valence electrons. The highest BCUT2D eigenvalue weighted by Crippen LogP contribution is 2.25. The van der Waals surface area contributed by atoms with Crippen molar-refractivity contribution in [3.8, 4) is 5.75 Å². The van der Waals surface area contributed by atoms with Crippen LogP contribution in [-0.4, -0.2) is 37.0 Å². The van der Waals surface area contributed by atoms with Gasteiger partial charge >= 0.3 is 0 Å². The number of benzene rings is 1. The summed E-state index contributed by atoms with van der Waals surface area (Å²) in [6.45, 7) is 5.73. The van der Waals surface area contributed by atoms with Gasteiger partial charge in [0.2, 0.25) is 0 Å². The standard InChI is InChI=1S/C17H19BrN2O2S.ClH/c1-12-2-3-14(17(21)20-6-4-19-5-7-20)9-15(12)22-10-13-8-16(18)23-11-13;/h2-3,8-9,11,19H,4-7,10H2,1H3;1H. The lowest BCUT2D eigenvalue weighted by atomic mass is 10.1. The van der Waals surface area contributed by atoms with E-state index in [1.165, 1.54) is 0 Å². The number of piperazine rings is 1. The first-order valence-corrected chi connectivity index (χ1v) is 9.27. The zero-order valence-electron chi connectivity index (χ0n) is 13.4. The molecule has 1 fully saturated rings. The topological polar surface area (TPSA) is 41.6 Å². The molecule has 4 nitrogen and oxygen atoms in total. The maximum absolute atomic E-state index is 12.6. The van der Waals surface area contributed by atoms with Crippen molar-refractivity contribution in [2.24, 2.45) is 0 Å². The fraction of sp³-hybridized carbons (Fsp3) is 0.353. The number of carbonyl (C=O) groups excluding carboxylic acids is 1. The van der Waals surface area contributed by atoms with E-state index in [1.807, 2.05) is 30.0 Å². The maximum atomic E-state index is 12.6. The molecule has 1 amide bonds. The molecule has 0 atom stereocenters. The van der Waals surface area contributed by atoms with Crippen molar-refractivity contribution in [1.29, 1.82) is 0 Å². The number of carbonyl (C=O) groups is 1. The summed E-state index contributed by atoms with van der Waals surface area (Å²) in [5, 5.41) is 5.33. The van der Waals surface area contributed by atoms with Crippen molar-refractivity contribution in [3.05, 3.63) is 50.1 Å². The highest BCUT2D eigenvalue weighted by molar-refractivity contribution is 9.11. The highest BCUT2D eigenvalue weighted by Gasteiger charge is 2.18. The van der Waals surface area contributed by atoms with E-state index < -0.39 is 0 Å². The lowest BCUT2D eigenvalue weighted by molar-refractivity contribution is 0.0735. The summed E-state index contributed by atoms with van der Waals surface area (Å²) in [4.78, 5) is 14.5. The maximum Gasteiger partial charge on any atom is 0.254 e. The Kier molecular flexibility index (Phi) is 7.10. The lowest BCUT2D eigenvalue weighted by Crippen LogP contribution is -2.46.